The summed E-state index contributed by atoms with van der Waals surface area (Å²) in [6.45, 7) is 0.443. The number of hydrogen-bond donors (Lipinski definition) is 1. The third-order valence-corrected chi connectivity index (χ3v) is 3.16. The number of pyridine rings is 1. The summed E-state index contributed by atoms with van der Waals surface area (Å²) in [6.07, 6.45) is 1.78. The van der Waals surface area contributed by atoms with Gasteiger partial charge >= 0.3 is 0 Å². The summed E-state index contributed by atoms with van der Waals surface area (Å²) < 4.78 is 6.57. The molecular formula is C13H12BrClN2O. The van der Waals surface area contributed by atoms with Crippen LogP contribution in [0.25, 0.3) is 0 Å². The Morgan fingerprint density at radius 1 is 1.33 bits per heavy atom. The van der Waals surface area contributed by atoms with Crippen molar-refractivity contribution in [3.05, 3.63) is 51.6 Å². The first-order chi connectivity index (χ1) is 8.69. The lowest BCUT2D eigenvalue weighted by molar-refractivity contribution is 0.306. The Labute approximate surface area is 119 Å². The molecule has 18 heavy (non-hydrogen) atoms. The van der Waals surface area contributed by atoms with Gasteiger partial charge in [-0.25, -0.2) is 4.98 Å². The van der Waals surface area contributed by atoms with Crippen molar-refractivity contribution >= 4 is 33.3 Å². The van der Waals surface area contributed by atoms with Gasteiger partial charge in [0.1, 0.15) is 18.2 Å². The monoisotopic (exact) mass is 326 g/mol. The fraction of sp³-hybridized carbons (Fsp3) is 0.154. The predicted octanol–water partition coefficient (Wildman–Crippen LogP) is 4.12. The van der Waals surface area contributed by atoms with Crippen molar-refractivity contribution in [1.82, 2.24) is 4.98 Å². The van der Waals surface area contributed by atoms with Crippen molar-refractivity contribution in [3.8, 4) is 5.75 Å². The fourth-order valence-corrected chi connectivity index (χ4v) is 2.14. The van der Waals surface area contributed by atoms with E-state index in [2.05, 4.69) is 26.2 Å². The van der Waals surface area contributed by atoms with E-state index in [9.17, 15) is 0 Å². The Morgan fingerprint density at radius 2 is 2.17 bits per heavy atom. The quantitative estimate of drug-likeness (QED) is 0.917. The first-order valence-corrected chi connectivity index (χ1v) is 6.56. The Bertz CT molecular complexity index is 531. The number of aromatic nitrogens is 1. The summed E-state index contributed by atoms with van der Waals surface area (Å²) in [6, 6.07) is 9.40. The normalized spacial score (nSPS) is 10.2. The van der Waals surface area contributed by atoms with Crippen LogP contribution in [0.2, 0.25) is 5.02 Å². The zero-order chi connectivity index (χ0) is 13.0. The molecule has 1 aromatic heterocycles. The third-order valence-electron chi connectivity index (χ3n) is 2.37. The molecule has 0 aliphatic heterocycles. The molecule has 0 amide bonds. The number of nitrogens with zero attached hydrogens (tertiary/aromatic N) is 1. The molecule has 94 valence electrons. The van der Waals surface area contributed by atoms with E-state index in [-0.39, 0.29) is 0 Å². The highest BCUT2D eigenvalue weighted by molar-refractivity contribution is 9.10. The molecule has 0 saturated heterocycles. The lowest BCUT2D eigenvalue weighted by Crippen LogP contribution is -1.98. The van der Waals surface area contributed by atoms with Crippen LogP contribution in [0, 0.1) is 0 Å². The highest BCUT2D eigenvalue weighted by Gasteiger charge is 2.03. The second-order valence-corrected chi connectivity index (χ2v) is 4.99. The summed E-state index contributed by atoms with van der Waals surface area (Å²) >= 11 is 9.41. The minimum absolute atomic E-state index is 0.443. The second kappa shape index (κ2) is 6.07. The van der Waals surface area contributed by atoms with E-state index < -0.39 is 0 Å². The van der Waals surface area contributed by atoms with E-state index in [0.717, 1.165) is 15.9 Å². The van der Waals surface area contributed by atoms with Crippen LogP contribution in [0.4, 0.5) is 5.82 Å². The molecule has 0 atom stereocenters. The number of halogens is 2. The van der Waals surface area contributed by atoms with Crippen LogP contribution in [0.1, 0.15) is 5.56 Å². The van der Waals surface area contributed by atoms with E-state index in [1.165, 1.54) is 0 Å². The molecule has 3 nitrogen and oxygen atoms in total. The van der Waals surface area contributed by atoms with Gasteiger partial charge in [0.15, 0.2) is 0 Å². The zero-order valence-electron chi connectivity index (χ0n) is 9.78. The average molecular weight is 328 g/mol. The highest BCUT2D eigenvalue weighted by Crippen LogP contribution is 2.28. The van der Waals surface area contributed by atoms with Gasteiger partial charge in [-0.05, 0) is 24.3 Å². The maximum Gasteiger partial charge on any atom is 0.138 e. The molecule has 0 fully saturated rings. The van der Waals surface area contributed by atoms with Crippen molar-refractivity contribution in [3.63, 3.8) is 0 Å². The molecule has 2 rings (SSSR count). The van der Waals surface area contributed by atoms with E-state index in [0.29, 0.717) is 17.4 Å². The lowest BCUT2D eigenvalue weighted by Gasteiger charge is -2.08. The van der Waals surface area contributed by atoms with Crippen molar-refractivity contribution in [2.75, 3.05) is 12.4 Å². The first kappa shape index (κ1) is 13.2. The molecule has 1 N–H and O–H groups in total. The number of ether oxygens (including phenoxy) is 1. The van der Waals surface area contributed by atoms with E-state index in [1.807, 2.05) is 31.3 Å². The Balaban J connectivity index is 2.02. The van der Waals surface area contributed by atoms with E-state index in [4.69, 9.17) is 16.3 Å². The van der Waals surface area contributed by atoms with E-state index in [1.54, 1.807) is 12.3 Å². The minimum Gasteiger partial charge on any atom is -0.487 e. The van der Waals surface area contributed by atoms with E-state index >= 15 is 0 Å². The molecule has 0 radical (unpaired) electrons. The third kappa shape index (κ3) is 3.37. The SMILES string of the molecule is CNc1ccc(COc2ccc(Br)cc2Cl)cn1. The van der Waals surface area contributed by atoms with Crippen molar-refractivity contribution < 1.29 is 4.74 Å². The predicted molar refractivity (Wildman–Crippen MR) is 77.3 cm³/mol. The molecule has 2 aromatic rings. The number of rotatable bonds is 4. The smallest absolute Gasteiger partial charge is 0.138 e. The average Bonchev–Trinajstić information content (AvgIpc) is 2.38. The van der Waals surface area contributed by atoms with Crippen molar-refractivity contribution in [1.29, 1.82) is 0 Å². The van der Waals surface area contributed by atoms with Crippen molar-refractivity contribution in [2.45, 2.75) is 6.61 Å². The largest absolute Gasteiger partial charge is 0.487 e. The number of nitrogens with one attached hydrogen (secondary N) is 1. The van der Waals surface area contributed by atoms with Gasteiger partial charge in [0.05, 0.1) is 5.02 Å². The maximum atomic E-state index is 6.06. The molecule has 0 bridgehead atoms. The maximum absolute atomic E-state index is 6.06. The van der Waals surface area contributed by atoms with Crippen LogP contribution < -0.4 is 10.1 Å². The van der Waals surface area contributed by atoms with Crippen LogP contribution in [0.5, 0.6) is 5.75 Å². The lowest BCUT2D eigenvalue weighted by atomic mass is 10.3. The molecule has 0 unspecified atom stereocenters. The van der Waals surface area contributed by atoms with Gasteiger partial charge in [-0.2, -0.15) is 0 Å². The topological polar surface area (TPSA) is 34.1 Å². The second-order valence-electron chi connectivity index (χ2n) is 3.67. The molecule has 0 aliphatic rings. The Morgan fingerprint density at radius 3 is 2.78 bits per heavy atom. The molecule has 5 heteroatoms. The van der Waals surface area contributed by atoms with Gasteiger partial charge in [0.25, 0.3) is 0 Å². The first-order valence-electron chi connectivity index (χ1n) is 5.39. The van der Waals surface area contributed by atoms with Gasteiger partial charge in [0.2, 0.25) is 0 Å². The zero-order valence-corrected chi connectivity index (χ0v) is 12.1. The number of hydrogen-bond acceptors (Lipinski definition) is 3. The highest BCUT2D eigenvalue weighted by atomic mass is 79.9. The number of benzene rings is 1. The summed E-state index contributed by atoms with van der Waals surface area (Å²) in [4.78, 5) is 4.21. The van der Waals surface area contributed by atoms with Gasteiger partial charge in [-0.15, -0.1) is 0 Å². The molecule has 0 spiro atoms. The summed E-state index contributed by atoms with van der Waals surface area (Å²) in [5.74, 6) is 1.50. The standard InChI is InChI=1S/C13H12BrClN2O/c1-16-13-5-2-9(7-17-13)8-18-12-4-3-10(14)6-11(12)15/h2-7H,8H2,1H3,(H,16,17). The summed E-state index contributed by atoms with van der Waals surface area (Å²) in [5.41, 5.74) is 0.994. The van der Waals surface area contributed by atoms with Crippen LogP contribution in [-0.2, 0) is 6.61 Å². The van der Waals surface area contributed by atoms with Crippen LogP contribution in [-0.4, -0.2) is 12.0 Å². The van der Waals surface area contributed by atoms with Gasteiger partial charge < -0.3 is 10.1 Å². The molecule has 0 saturated carbocycles. The summed E-state index contributed by atoms with van der Waals surface area (Å²) in [7, 11) is 1.83. The van der Waals surface area contributed by atoms with Crippen molar-refractivity contribution in [2.24, 2.45) is 0 Å². The Kier molecular flexibility index (Phi) is 4.44. The van der Waals surface area contributed by atoms with Gasteiger partial charge in [-0.3, -0.25) is 0 Å². The fourth-order valence-electron chi connectivity index (χ4n) is 1.41. The van der Waals surface area contributed by atoms with Crippen LogP contribution in [0.3, 0.4) is 0 Å². The summed E-state index contributed by atoms with van der Waals surface area (Å²) in [5, 5.41) is 3.55. The van der Waals surface area contributed by atoms with Gasteiger partial charge in [0, 0.05) is 23.3 Å². The van der Waals surface area contributed by atoms with Crippen LogP contribution >= 0.6 is 27.5 Å². The molecule has 0 aliphatic carbocycles. The number of anilines is 1. The van der Waals surface area contributed by atoms with Crippen LogP contribution in [0.15, 0.2) is 41.0 Å². The molecule has 1 heterocycles. The molecule has 1 aromatic carbocycles. The Hall–Kier alpha value is -1.26. The van der Waals surface area contributed by atoms with Gasteiger partial charge in [-0.1, -0.05) is 33.6 Å². The minimum atomic E-state index is 0.443. The molecular weight excluding hydrogens is 316 g/mol.